The van der Waals surface area contributed by atoms with Gasteiger partial charge in [0.15, 0.2) is 0 Å². The monoisotopic (exact) mass is 227 g/mol. The Kier molecular flexibility index (Phi) is 3.90. The third kappa shape index (κ3) is 3.16. The number of nitriles is 1. The Morgan fingerprint density at radius 3 is 2.76 bits per heavy atom. The molecule has 1 aromatic carbocycles. The summed E-state index contributed by atoms with van der Waals surface area (Å²) in [4.78, 5) is 0. The number of benzene rings is 1. The van der Waals surface area contributed by atoms with Crippen molar-refractivity contribution in [3.8, 4) is 6.07 Å². The molecule has 0 spiro atoms. The molecule has 1 atom stereocenters. The van der Waals surface area contributed by atoms with Crippen LogP contribution < -0.4 is 5.32 Å². The Bertz CT molecular complexity index is 473. The molecule has 0 saturated heterocycles. The summed E-state index contributed by atoms with van der Waals surface area (Å²) in [5.74, 6) is -0.136. The molecular weight excluding hydrogens is 214 g/mol. The van der Waals surface area contributed by atoms with Gasteiger partial charge >= 0.3 is 0 Å². The van der Waals surface area contributed by atoms with E-state index < -0.39 is 0 Å². The summed E-state index contributed by atoms with van der Waals surface area (Å²) in [6.45, 7) is 1.22. The van der Waals surface area contributed by atoms with Gasteiger partial charge in [-0.15, -0.1) is 0 Å². The van der Waals surface area contributed by atoms with Crippen LogP contribution in [0, 0.1) is 11.3 Å². The van der Waals surface area contributed by atoms with Gasteiger partial charge in [0, 0.05) is 19.2 Å². The highest BCUT2D eigenvalue weighted by Crippen LogP contribution is 2.13. The third-order valence-corrected chi connectivity index (χ3v) is 2.50. The molecule has 0 fully saturated rings. The molecule has 2 aromatic rings. The van der Waals surface area contributed by atoms with Crippen molar-refractivity contribution in [3.05, 3.63) is 53.9 Å². The molecule has 0 bridgehead atoms. The van der Waals surface area contributed by atoms with Gasteiger partial charge in [-0.25, -0.2) is 0 Å². The average molecular weight is 227 g/mol. The minimum absolute atomic E-state index is 0.136. The van der Waals surface area contributed by atoms with E-state index in [-0.39, 0.29) is 5.92 Å². The average Bonchev–Trinajstić information content (AvgIpc) is 2.89. The van der Waals surface area contributed by atoms with Crippen LogP contribution in [0.3, 0.4) is 0 Å². The number of nitrogens with zero attached hydrogens (tertiary/aromatic N) is 2. The molecule has 0 amide bonds. The Morgan fingerprint density at radius 1 is 1.29 bits per heavy atom. The van der Waals surface area contributed by atoms with E-state index in [2.05, 4.69) is 16.5 Å². The zero-order valence-corrected chi connectivity index (χ0v) is 9.34. The number of aromatic nitrogens is 1. The Morgan fingerprint density at radius 2 is 2.12 bits per heavy atom. The predicted octanol–water partition coefficient (Wildman–Crippen LogP) is 2.07. The number of hydrogen-bond acceptors (Lipinski definition) is 4. The zero-order chi connectivity index (χ0) is 11.9. The number of rotatable bonds is 5. The summed E-state index contributed by atoms with van der Waals surface area (Å²) in [6, 6.07) is 13.9. The molecule has 86 valence electrons. The van der Waals surface area contributed by atoms with Crippen LogP contribution in [0.4, 0.5) is 0 Å². The van der Waals surface area contributed by atoms with Crippen molar-refractivity contribution < 1.29 is 4.52 Å². The first-order valence-electron chi connectivity index (χ1n) is 5.44. The van der Waals surface area contributed by atoms with Gasteiger partial charge in [-0.1, -0.05) is 35.5 Å². The van der Waals surface area contributed by atoms with Crippen molar-refractivity contribution in [2.75, 3.05) is 6.54 Å². The summed E-state index contributed by atoms with van der Waals surface area (Å²) in [5.41, 5.74) is 1.87. The maximum atomic E-state index is 9.11. The first kappa shape index (κ1) is 11.4. The van der Waals surface area contributed by atoms with Crippen molar-refractivity contribution in [1.29, 1.82) is 5.26 Å². The summed E-state index contributed by atoms with van der Waals surface area (Å²) in [5, 5.41) is 16.1. The van der Waals surface area contributed by atoms with Crippen LogP contribution in [-0.2, 0) is 6.54 Å². The quantitative estimate of drug-likeness (QED) is 0.849. The van der Waals surface area contributed by atoms with Gasteiger partial charge in [0.05, 0.1) is 17.7 Å². The lowest BCUT2D eigenvalue weighted by atomic mass is 10.0. The van der Waals surface area contributed by atoms with Gasteiger partial charge in [0.25, 0.3) is 0 Å². The molecule has 1 aromatic heterocycles. The molecule has 4 nitrogen and oxygen atoms in total. The molecule has 0 aliphatic heterocycles. The van der Waals surface area contributed by atoms with Crippen molar-refractivity contribution in [3.63, 3.8) is 0 Å². The second kappa shape index (κ2) is 5.83. The molecule has 1 N–H and O–H groups in total. The van der Waals surface area contributed by atoms with Crippen molar-refractivity contribution in [2.24, 2.45) is 0 Å². The molecule has 0 aliphatic rings. The fraction of sp³-hybridized carbons (Fsp3) is 0.231. The first-order valence-corrected chi connectivity index (χ1v) is 5.44. The van der Waals surface area contributed by atoms with Crippen LogP contribution in [0.2, 0.25) is 0 Å². The first-order chi connectivity index (χ1) is 8.40. The molecule has 1 unspecified atom stereocenters. The van der Waals surface area contributed by atoms with Gasteiger partial charge in [0.2, 0.25) is 0 Å². The summed E-state index contributed by atoms with van der Waals surface area (Å²) in [7, 11) is 0. The molecule has 0 radical (unpaired) electrons. The summed E-state index contributed by atoms with van der Waals surface area (Å²) >= 11 is 0. The molecule has 4 heteroatoms. The van der Waals surface area contributed by atoms with Crippen LogP contribution >= 0.6 is 0 Å². The second-order valence-corrected chi connectivity index (χ2v) is 3.71. The fourth-order valence-corrected chi connectivity index (χ4v) is 1.60. The van der Waals surface area contributed by atoms with Crippen LogP contribution in [0.25, 0.3) is 0 Å². The SMILES string of the molecule is N#CC(CNCc1ccon1)c1ccccc1. The minimum atomic E-state index is -0.136. The number of hydrogen-bond donors (Lipinski definition) is 1. The van der Waals surface area contributed by atoms with Crippen molar-refractivity contribution in [2.45, 2.75) is 12.5 Å². The molecule has 2 rings (SSSR count). The van der Waals surface area contributed by atoms with Crippen LogP contribution in [0.15, 0.2) is 47.2 Å². The highest BCUT2D eigenvalue weighted by molar-refractivity contribution is 5.25. The standard InChI is InChI=1S/C13H13N3O/c14-8-12(11-4-2-1-3-5-11)9-15-10-13-6-7-17-16-13/h1-7,12,15H,9-10H2. The largest absolute Gasteiger partial charge is 0.364 e. The lowest BCUT2D eigenvalue weighted by Gasteiger charge is -2.09. The summed E-state index contributed by atoms with van der Waals surface area (Å²) in [6.07, 6.45) is 1.54. The normalized spacial score (nSPS) is 11.9. The van der Waals surface area contributed by atoms with Gasteiger partial charge < -0.3 is 9.84 Å². The molecule has 0 saturated carbocycles. The molecule has 1 heterocycles. The second-order valence-electron chi connectivity index (χ2n) is 3.71. The van der Waals surface area contributed by atoms with Gasteiger partial charge in [-0.2, -0.15) is 5.26 Å². The van der Waals surface area contributed by atoms with E-state index in [0.717, 1.165) is 11.3 Å². The lowest BCUT2D eigenvalue weighted by molar-refractivity contribution is 0.408. The van der Waals surface area contributed by atoms with E-state index in [4.69, 9.17) is 9.78 Å². The minimum Gasteiger partial charge on any atom is -0.364 e. The van der Waals surface area contributed by atoms with E-state index in [0.29, 0.717) is 13.1 Å². The van der Waals surface area contributed by atoms with E-state index in [1.54, 1.807) is 6.07 Å². The highest BCUT2D eigenvalue weighted by atomic mass is 16.5. The van der Waals surface area contributed by atoms with E-state index in [1.807, 2.05) is 30.3 Å². The van der Waals surface area contributed by atoms with Gasteiger partial charge in [-0.05, 0) is 5.56 Å². The Balaban J connectivity index is 1.87. The molecular formula is C13H13N3O. The Hall–Kier alpha value is -2.12. The van der Waals surface area contributed by atoms with E-state index in [1.165, 1.54) is 6.26 Å². The summed E-state index contributed by atoms with van der Waals surface area (Å²) < 4.78 is 4.73. The number of nitrogens with one attached hydrogen (secondary N) is 1. The van der Waals surface area contributed by atoms with Crippen molar-refractivity contribution in [1.82, 2.24) is 10.5 Å². The van der Waals surface area contributed by atoms with Gasteiger partial charge in [-0.3, -0.25) is 0 Å². The molecule has 17 heavy (non-hydrogen) atoms. The lowest BCUT2D eigenvalue weighted by Crippen LogP contribution is -2.20. The maximum absolute atomic E-state index is 9.11. The van der Waals surface area contributed by atoms with E-state index >= 15 is 0 Å². The smallest absolute Gasteiger partial charge is 0.124 e. The maximum Gasteiger partial charge on any atom is 0.124 e. The highest BCUT2D eigenvalue weighted by Gasteiger charge is 2.09. The topological polar surface area (TPSA) is 61.9 Å². The van der Waals surface area contributed by atoms with Crippen LogP contribution in [-0.4, -0.2) is 11.7 Å². The Labute approximate surface area is 99.9 Å². The zero-order valence-electron chi connectivity index (χ0n) is 9.34. The third-order valence-electron chi connectivity index (χ3n) is 2.50. The van der Waals surface area contributed by atoms with Crippen LogP contribution in [0.5, 0.6) is 0 Å². The van der Waals surface area contributed by atoms with Crippen LogP contribution in [0.1, 0.15) is 17.2 Å². The molecule has 0 aliphatic carbocycles. The van der Waals surface area contributed by atoms with E-state index in [9.17, 15) is 0 Å². The van der Waals surface area contributed by atoms with Gasteiger partial charge in [0.1, 0.15) is 6.26 Å². The predicted molar refractivity (Wildman–Crippen MR) is 63.0 cm³/mol. The fourth-order valence-electron chi connectivity index (χ4n) is 1.60. The van der Waals surface area contributed by atoms with Crippen molar-refractivity contribution >= 4 is 0 Å².